The number of nitrogens with one attached hydrogen (secondary N) is 1. The highest BCUT2D eigenvalue weighted by Gasteiger charge is 2.21. The van der Waals surface area contributed by atoms with Gasteiger partial charge in [0.15, 0.2) is 5.75 Å². The van der Waals surface area contributed by atoms with Crippen LogP contribution in [0, 0.1) is 0 Å². The number of carbonyl (C=O) groups excluding carboxylic acids is 1. The normalized spacial score (nSPS) is 15.0. The summed E-state index contributed by atoms with van der Waals surface area (Å²) in [6.07, 6.45) is -0.282. The summed E-state index contributed by atoms with van der Waals surface area (Å²) in [5.74, 6) is 0.179. The zero-order valence-electron chi connectivity index (χ0n) is 10.6. The monoisotopic (exact) mass is 251 g/mol. The van der Waals surface area contributed by atoms with Crippen molar-refractivity contribution in [1.82, 2.24) is 0 Å². The SMILES string of the molecule is COCC(C)OC(=O)c1cccc2c1OCCN2. The first-order chi connectivity index (χ1) is 8.72. The van der Waals surface area contributed by atoms with E-state index in [1.807, 2.05) is 6.07 Å². The van der Waals surface area contributed by atoms with Gasteiger partial charge in [-0.15, -0.1) is 0 Å². The molecular weight excluding hydrogens is 234 g/mol. The van der Waals surface area contributed by atoms with E-state index in [4.69, 9.17) is 14.2 Å². The third-order valence-corrected chi connectivity index (χ3v) is 2.61. The van der Waals surface area contributed by atoms with Crippen molar-refractivity contribution in [3.63, 3.8) is 0 Å². The maximum absolute atomic E-state index is 12.0. The van der Waals surface area contributed by atoms with E-state index in [9.17, 15) is 4.79 Å². The molecule has 1 heterocycles. The summed E-state index contributed by atoms with van der Waals surface area (Å²) in [6.45, 7) is 3.45. The quantitative estimate of drug-likeness (QED) is 0.825. The number of hydrogen-bond donors (Lipinski definition) is 1. The van der Waals surface area contributed by atoms with Gasteiger partial charge in [-0.2, -0.15) is 0 Å². The van der Waals surface area contributed by atoms with Crippen LogP contribution >= 0.6 is 0 Å². The molecule has 0 fully saturated rings. The lowest BCUT2D eigenvalue weighted by molar-refractivity contribution is 0.0117. The van der Waals surface area contributed by atoms with Gasteiger partial charge < -0.3 is 19.5 Å². The van der Waals surface area contributed by atoms with E-state index in [2.05, 4.69) is 5.32 Å². The number of methoxy groups -OCH3 is 1. The molecule has 1 aliphatic heterocycles. The standard InChI is InChI=1S/C13H17NO4/c1-9(8-16-2)18-13(15)10-4-3-5-11-12(10)17-7-6-14-11/h3-5,9,14H,6-8H2,1-2H3. The van der Waals surface area contributed by atoms with Crippen molar-refractivity contribution in [1.29, 1.82) is 0 Å². The van der Waals surface area contributed by atoms with Gasteiger partial charge in [0.25, 0.3) is 0 Å². The maximum atomic E-state index is 12.0. The zero-order chi connectivity index (χ0) is 13.0. The fourth-order valence-electron chi connectivity index (χ4n) is 1.85. The third-order valence-electron chi connectivity index (χ3n) is 2.61. The van der Waals surface area contributed by atoms with E-state index in [1.54, 1.807) is 26.2 Å². The molecule has 1 aromatic rings. The Morgan fingerprint density at radius 2 is 2.39 bits per heavy atom. The predicted molar refractivity (Wildman–Crippen MR) is 67.2 cm³/mol. The zero-order valence-corrected chi connectivity index (χ0v) is 10.6. The van der Waals surface area contributed by atoms with E-state index in [0.717, 1.165) is 12.2 Å². The van der Waals surface area contributed by atoms with Crippen LogP contribution in [0.5, 0.6) is 5.75 Å². The first kappa shape index (κ1) is 12.7. The molecule has 0 spiro atoms. The molecule has 0 amide bonds. The van der Waals surface area contributed by atoms with Crippen molar-refractivity contribution in [2.24, 2.45) is 0 Å². The van der Waals surface area contributed by atoms with Gasteiger partial charge in [0.05, 0.1) is 12.3 Å². The second kappa shape index (κ2) is 5.73. The Morgan fingerprint density at radius 3 is 3.17 bits per heavy atom. The molecule has 5 nitrogen and oxygen atoms in total. The van der Waals surface area contributed by atoms with Gasteiger partial charge in [-0.1, -0.05) is 6.07 Å². The summed E-state index contributed by atoms with van der Waals surface area (Å²) in [5.41, 5.74) is 1.28. The molecule has 0 saturated carbocycles. The van der Waals surface area contributed by atoms with Gasteiger partial charge in [-0.25, -0.2) is 4.79 Å². The van der Waals surface area contributed by atoms with E-state index in [0.29, 0.717) is 24.5 Å². The second-order valence-electron chi connectivity index (χ2n) is 4.13. The number of benzene rings is 1. The average molecular weight is 251 g/mol. The van der Waals surface area contributed by atoms with E-state index in [1.165, 1.54) is 0 Å². The fraction of sp³-hybridized carbons (Fsp3) is 0.462. The summed E-state index contributed by atoms with van der Waals surface area (Å²) in [7, 11) is 1.57. The van der Waals surface area contributed by atoms with Crippen molar-refractivity contribution < 1.29 is 19.0 Å². The Balaban J connectivity index is 2.15. The van der Waals surface area contributed by atoms with Crippen LogP contribution in [0.1, 0.15) is 17.3 Å². The lowest BCUT2D eigenvalue weighted by atomic mass is 10.1. The highest BCUT2D eigenvalue weighted by atomic mass is 16.6. The van der Waals surface area contributed by atoms with Crippen LogP contribution in [0.15, 0.2) is 18.2 Å². The highest BCUT2D eigenvalue weighted by molar-refractivity contribution is 5.95. The summed E-state index contributed by atoms with van der Waals surface area (Å²) < 4.78 is 15.7. The number of hydrogen-bond acceptors (Lipinski definition) is 5. The van der Waals surface area contributed by atoms with Crippen LogP contribution in [0.4, 0.5) is 5.69 Å². The Morgan fingerprint density at radius 1 is 1.56 bits per heavy atom. The molecule has 98 valence electrons. The smallest absolute Gasteiger partial charge is 0.342 e. The van der Waals surface area contributed by atoms with Crippen molar-refractivity contribution in [3.8, 4) is 5.75 Å². The van der Waals surface area contributed by atoms with Gasteiger partial charge in [-0.3, -0.25) is 0 Å². The summed E-state index contributed by atoms with van der Waals surface area (Å²) >= 11 is 0. The minimum Gasteiger partial charge on any atom is -0.489 e. The van der Waals surface area contributed by atoms with Gasteiger partial charge in [-0.05, 0) is 19.1 Å². The second-order valence-corrected chi connectivity index (χ2v) is 4.13. The van der Waals surface area contributed by atoms with E-state index < -0.39 is 0 Å². The molecule has 1 aromatic carbocycles. The molecule has 2 rings (SSSR count). The number of fused-ring (bicyclic) bond motifs is 1. The lowest BCUT2D eigenvalue weighted by Crippen LogP contribution is -2.23. The molecule has 5 heteroatoms. The summed E-state index contributed by atoms with van der Waals surface area (Å²) in [5, 5.41) is 3.18. The van der Waals surface area contributed by atoms with E-state index in [-0.39, 0.29) is 12.1 Å². The van der Waals surface area contributed by atoms with Gasteiger partial charge in [0.1, 0.15) is 18.3 Å². The van der Waals surface area contributed by atoms with Crippen LogP contribution in [0.3, 0.4) is 0 Å². The molecule has 1 aliphatic rings. The first-order valence-electron chi connectivity index (χ1n) is 5.92. The van der Waals surface area contributed by atoms with Crippen molar-refractivity contribution in [3.05, 3.63) is 23.8 Å². The minimum atomic E-state index is -0.389. The molecule has 1 N–H and O–H groups in total. The molecule has 0 bridgehead atoms. The molecular formula is C13H17NO4. The van der Waals surface area contributed by atoms with Crippen LogP contribution in [-0.4, -0.2) is 38.9 Å². The Labute approximate surface area is 106 Å². The molecule has 1 unspecified atom stereocenters. The van der Waals surface area contributed by atoms with E-state index >= 15 is 0 Å². The van der Waals surface area contributed by atoms with Crippen LogP contribution < -0.4 is 10.1 Å². The van der Waals surface area contributed by atoms with Gasteiger partial charge in [0.2, 0.25) is 0 Å². The maximum Gasteiger partial charge on any atom is 0.342 e. The van der Waals surface area contributed by atoms with Crippen molar-refractivity contribution in [2.75, 3.05) is 32.2 Å². The predicted octanol–water partition coefficient (Wildman–Crippen LogP) is 1.68. The van der Waals surface area contributed by atoms with Crippen LogP contribution in [0.2, 0.25) is 0 Å². The molecule has 18 heavy (non-hydrogen) atoms. The summed E-state index contributed by atoms with van der Waals surface area (Å²) in [4.78, 5) is 12.0. The largest absolute Gasteiger partial charge is 0.489 e. The molecule has 0 radical (unpaired) electrons. The lowest BCUT2D eigenvalue weighted by Gasteiger charge is -2.21. The first-order valence-corrected chi connectivity index (χ1v) is 5.92. The van der Waals surface area contributed by atoms with Crippen LogP contribution in [-0.2, 0) is 9.47 Å². The third kappa shape index (κ3) is 2.73. The van der Waals surface area contributed by atoms with Crippen molar-refractivity contribution >= 4 is 11.7 Å². The Bertz CT molecular complexity index is 433. The van der Waals surface area contributed by atoms with Gasteiger partial charge >= 0.3 is 5.97 Å². The number of anilines is 1. The number of para-hydroxylation sites is 1. The molecule has 0 aliphatic carbocycles. The number of ether oxygens (including phenoxy) is 3. The topological polar surface area (TPSA) is 56.8 Å². The molecule has 0 saturated heterocycles. The highest BCUT2D eigenvalue weighted by Crippen LogP contribution is 2.31. The molecule has 0 aromatic heterocycles. The van der Waals surface area contributed by atoms with Crippen LogP contribution in [0.25, 0.3) is 0 Å². The minimum absolute atomic E-state index is 0.282. The number of esters is 1. The Kier molecular flexibility index (Phi) is 4.04. The summed E-state index contributed by atoms with van der Waals surface area (Å²) in [6, 6.07) is 5.38. The van der Waals surface area contributed by atoms with Gasteiger partial charge in [0, 0.05) is 13.7 Å². The number of carbonyl (C=O) groups is 1. The molecule has 1 atom stereocenters. The fourth-order valence-corrected chi connectivity index (χ4v) is 1.85. The van der Waals surface area contributed by atoms with Crippen molar-refractivity contribution in [2.45, 2.75) is 13.0 Å². The number of rotatable bonds is 4. The average Bonchev–Trinajstić information content (AvgIpc) is 2.38. The Hall–Kier alpha value is -1.75.